The number of hydrogen-bond donors (Lipinski definition) is 0. The molecular formula is C13H15ClO5S. The maximum absolute atomic E-state index is 12.1. The van der Waals surface area contributed by atoms with Crippen molar-refractivity contribution in [1.82, 2.24) is 0 Å². The summed E-state index contributed by atoms with van der Waals surface area (Å²) in [4.78, 5) is 11.9. The average Bonchev–Trinajstić information content (AvgIpc) is 2.33. The molecule has 0 unspecified atom stereocenters. The van der Waals surface area contributed by atoms with Crippen LogP contribution in [-0.2, 0) is 13.8 Å². The highest BCUT2D eigenvalue weighted by Gasteiger charge is 2.25. The zero-order chi connectivity index (χ0) is 14.8. The van der Waals surface area contributed by atoms with Crippen LogP contribution in [0.5, 0.6) is 5.75 Å². The summed E-state index contributed by atoms with van der Waals surface area (Å²) in [6, 6.07) is 3.90. The molecular weight excluding hydrogens is 304 g/mol. The molecule has 7 heteroatoms. The van der Waals surface area contributed by atoms with Crippen molar-refractivity contribution in [2.75, 3.05) is 6.61 Å². The van der Waals surface area contributed by atoms with Crippen molar-refractivity contribution < 1.29 is 22.7 Å². The zero-order valence-electron chi connectivity index (χ0n) is 11.0. The first-order valence-corrected chi connectivity index (χ1v) is 8.65. The molecule has 110 valence electrons. The Morgan fingerprint density at radius 1 is 1.40 bits per heavy atom. The number of carbonyl (C=O) groups is 1. The third-order valence-corrected chi connectivity index (χ3v) is 4.43. The number of ether oxygens (including phenoxy) is 2. The van der Waals surface area contributed by atoms with E-state index in [1.54, 1.807) is 6.92 Å². The summed E-state index contributed by atoms with van der Waals surface area (Å²) in [6.07, 6.45) is 2.62. The van der Waals surface area contributed by atoms with E-state index < -0.39 is 15.0 Å². The number of carbonyl (C=O) groups excluding carboxylic acids is 1. The molecule has 0 spiro atoms. The van der Waals surface area contributed by atoms with Crippen molar-refractivity contribution in [3.63, 3.8) is 0 Å². The molecule has 0 N–H and O–H groups in total. The maximum Gasteiger partial charge on any atom is 0.342 e. The fourth-order valence-corrected chi connectivity index (χ4v) is 2.58. The number of hydrogen-bond acceptors (Lipinski definition) is 5. The van der Waals surface area contributed by atoms with Crippen LogP contribution in [0.15, 0.2) is 23.1 Å². The lowest BCUT2D eigenvalue weighted by molar-refractivity contribution is 0.00863. The SMILES string of the molecule is CCOc1ccc(S(=O)(=O)Cl)cc1C(=O)OC1CCC1. The first kappa shape index (κ1) is 15.1. The highest BCUT2D eigenvalue weighted by molar-refractivity contribution is 8.13. The van der Waals surface area contributed by atoms with Crippen molar-refractivity contribution in [2.24, 2.45) is 0 Å². The van der Waals surface area contributed by atoms with E-state index in [9.17, 15) is 13.2 Å². The number of esters is 1. The third-order valence-electron chi connectivity index (χ3n) is 3.08. The molecule has 1 aliphatic carbocycles. The summed E-state index contributed by atoms with van der Waals surface area (Å²) in [5.41, 5.74) is 0.0838. The van der Waals surface area contributed by atoms with Crippen LogP contribution in [0.4, 0.5) is 0 Å². The van der Waals surface area contributed by atoms with Gasteiger partial charge < -0.3 is 9.47 Å². The second-order valence-corrected chi connectivity index (χ2v) is 7.05. The maximum atomic E-state index is 12.1. The molecule has 0 saturated heterocycles. The monoisotopic (exact) mass is 318 g/mol. The van der Waals surface area contributed by atoms with Crippen molar-refractivity contribution >= 4 is 25.7 Å². The second kappa shape index (κ2) is 6.01. The lowest BCUT2D eigenvalue weighted by Crippen LogP contribution is -2.25. The van der Waals surface area contributed by atoms with Gasteiger partial charge in [-0.25, -0.2) is 13.2 Å². The molecule has 0 atom stereocenters. The zero-order valence-corrected chi connectivity index (χ0v) is 12.5. The Morgan fingerprint density at radius 2 is 2.10 bits per heavy atom. The molecule has 1 aromatic rings. The molecule has 0 radical (unpaired) electrons. The fourth-order valence-electron chi connectivity index (χ4n) is 1.81. The molecule has 1 fully saturated rings. The van der Waals surface area contributed by atoms with E-state index in [-0.39, 0.29) is 16.6 Å². The van der Waals surface area contributed by atoms with E-state index >= 15 is 0 Å². The summed E-state index contributed by atoms with van der Waals surface area (Å²) in [7, 11) is 1.39. The molecule has 0 bridgehead atoms. The van der Waals surface area contributed by atoms with Gasteiger partial charge >= 0.3 is 5.97 Å². The molecule has 20 heavy (non-hydrogen) atoms. The van der Waals surface area contributed by atoms with Crippen LogP contribution in [-0.4, -0.2) is 27.1 Å². The Kier molecular flexibility index (Phi) is 4.55. The minimum atomic E-state index is -3.90. The lowest BCUT2D eigenvalue weighted by Gasteiger charge is -2.25. The molecule has 0 aliphatic heterocycles. The Bertz CT molecular complexity index is 607. The van der Waals surface area contributed by atoms with Gasteiger partial charge in [0.25, 0.3) is 9.05 Å². The first-order valence-electron chi connectivity index (χ1n) is 6.34. The fraction of sp³-hybridized carbons (Fsp3) is 0.462. The van der Waals surface area contributed by atoms with Crippen molar-refractivity contribution in [3.05, 3.63) is 23.8 Å². The van der Waals surface area contributed by atoms with Crippen LogP contribution in [0.1, 0.15) is 36.5 Å². The van der Waals surface area contributed by atoms with Gasteiger partial charge in [-0.15, -0.1) is 0 Å². The van der Waals surface area contributed by atoms with E-state index in [0.29, 0.717) is 12.4 Å². The number of benzene rings is 1. The number of halogens is 1. The molecule has 1 aromatic carbocycles. The Hall–Kier alpha value is -1.27. The largest absolute Gasteiger partial charge is 0.493 e. The van der Waals surface area contributed by atoms with Gasteiger partial charge in [0.15, 0.2) is 0 Å². The highest BCUT2D eigenvalue weighted by atomic mass is 35.7. The minimum absolute atomic E-state index is 0.0838. The predicted molar refractivity (Wildman–Crippen MR) is 73.7 cm³/mol. The van der Waals surface area contributed by atoms with Gasteiger partial charge in [0.2, 0.25) is 0 Å². The highest BCUT2D eigenvalue weighted by Crippen LogP contribution is 2.28. The third kappa shape index (κ3) is 3.43. The predicted octanol–water partition coefficient (Wildman–Crippen LogP) is 2.72. The molecule has 0 aromatic heterocycles. The summed E-state index contributed by atoms with van der Waals surface area (Å²) in [5, 5.41) is 0. The van der Waals surface area contributed by atoms with Gasteiger partial charge in [0.1, 0.15) is 17.4 Å². The van der Waals surface area contributed by atoms with Crippen LogP contribution >= 0.6 is 10.7 Å². The smallest absolute Gasteiger partial charge is 0.342 e. The van der Waals surface area contributed by atoms with Crippen LogP contribution in [0, 0.1) is 0 Å². The van der Waals surface area contributed by atoms with Gasteiger partial charge in [0, 0.05) is 10.7 Å². The van der Waals surface area contributed by atoms with Crippen molar-refractivity contribution in [1.29, 1.82) is 0 Å². The van der Waals surface area contributed by atoms with E-state index in [0.717, 1.165) is 19.3 Å². The van der Waals surface area contributed by atoms with E-state index in [1.807, 2.05) is 0 Å². The van der Waals surface area contributed by atoms with E-state index in [2.05, 4.69) is 0 Å². The molecule has 0 heterocycles. The molecule has 5 nitrogen and oxygen atoms in total. The second-order valence-electron chi connectivity index (χ2n) is 4.49. The standard InChI is InChI=1S/C13H15ClO5S/c1-2-18-12-7-6-10(20(14,16)17)8-11(12)13(15)19-9-4-3-5-9/h6-9H,2-5H2,1H3. The summed E-state index contributed by atoms with van der Waals surface area (Å²) >= 11 is 0. The summed E-state index contributed by atoms with van der Waals surface area (Å²) in [6.45, 7) is 2.13. The topological polar surface area (TPSA) is 69.7 Å². The quantitative estimate of drug-likeness (QED) is 0.616. The van der Waals surface area contributed by atoms with Gasteiger partial charge in [-0.1, -0.05) is 0 Å². The van der Waals surface area contributed by atoms with Crippen LogP contribution in [0.2, 0.25) is 0 Å². The van der Waals surface area contributed by atoms with Crippen molar-refractivity contribution in [3.8, 4) is 5.75 Å². The molecule has 2 rings (SSSR count). The van der Waals surface area contributed by atoms with Gasteiger partial charge in [-0.05, 0) is 44.4 Å². The Morgan fingerprint density at radius 3 is 2.60 bits per heavy atom. The van der Waals surface area contributed by atoms with Crippen molar-refractivity contribution in [2.45, 2.75) is 37.2 Å². The first-order chi connectivity index (χ1) is 9.41. The average molecular weight is 319 g/mol. The van der Waals surface area contributed by atoms with Crippen LogP contribution in [0.3, 0.4) is 0 Å². The number of rotatable bonds is 5. The normalized spacial score (nSPS) is 15.5. The molecule has 0 amide bonds. The summed E-state index contributed by atoms with van der Waals surface area (Å²) in [5.74, 6) is -0.291. The Labute approximate surface area is 122 Å². The lowest BCUT2D eigenvalue weighted by atomic mass is 9.96. The van der Waals surface area contributed by atoms with Crippen LogP contribution < -0.4 is 4.74 Å². The molecule has 1 aliphatic rings. The van der Waals surface area contributed by atoms with Gasteiger partial charge in [-0.3, -0.25) is 0 Å². The van der Waals surface area contributed by atoms with Gasteiger partial charge in [0.05, 0.1) is 11.5 Å². The van der Waals surface area contributed by atoms with Gasteiger partial charge in [-0.2, -0.15) is 0 Å². The van der Waals surface area contributed by atoms with E-state index in [4.69, 9.17) is 20.2 Å². The van der Waals surface area contributed by atoms with E-state index in [1.165, 1.54) is 18.2 Å². The minimum Gasteiger partial charge on any atom is -0.493 e. The Balaban J connectivity index is 2.32. The summed E-state index contributed by atoms with van der Waals surface area (Å²) < 4.78 is 33.3. The van der Waals surface area contributed by atoms with Crippen LogP contribution in [0.25, 0.3) is 0 Å². The molecule has 1 saturated carbocycles.